The van der Waals surface area contributed by atoms with Crippen molar-refractivity contribution < 1.29 is 13.9 Å². The van der Waals surface area contributed by atoms with E-state index in [1.54, 1.807) is 6.92 Å². The maximum atomic E-state index is 13.6. The molecule has 1 aromatic rings. The fourth-order valence-corrected chi connectivity index (χ4v) is 1.86. The molecule has 0 aliphatic heterocycles. The predicted molar refractivity (Wildman–Crippen MR) is 77.0 cm³/mol. The lowest BCUT2D eigenvalue weighted by atomic mass is 10.0. The monoisotopic (exact) mass is 287 g/mol. The van der Waals surface area contributed by atoms with Gasteiger partial charge in [-0.25, -0.2) is 13.8 Å². The summed E-state index contributed by atoms with van der Waals surface area (Å²) in [5.41, 5.74) is -0.950. The van der Waals surface area contributed by atoms with Crippen LogP contribution in [0.3, 0.4) is 0 Å². The summed E-state index contributed by atoms with van der Waals surface area (Å²) < 4.78 is 27.1. The normalized spacial score (nSPS) is 13.9. The van der Waals surface area contributed by atoms with Crippen molar-refractivity contribution in [3.63, 3.8) is 0 Å². The first-order chi connectivity index (χ1) is 9.39. The average Bonchev–Trinajstić information content (AvgIpc) is 2.36. The zero-order valence-electron chi connectivity index (χ0n) is 12.3. The third-order valence-electron chi connectivity index (χ3n) is 2.90. The number of aliphatic hydroxyl groups is 1. The average molecular weight is 287 g/mol. The van der Waals surface area contributed by atoms with Crippen molar-refractivity contribution in [2.75, 3.05) is 23.7 Å². The van der Waals surface area contributed by atoms with Gasteiger partial charge in [-0.2, -0.15) is 0 Å². The highest BCUT2D eigenvalue weighted by atomic mass is 19.1. The summed E-state index contributed by atoms with van der Waals surface area (Å²) in [5.74, 6) is -1.52. The summed E-state index contributed by atoms with van der Waals surface area (Å²) in [5, 5.41) is 15.6. The summed E-state index contributed by atoms with van der Waals surface area (Å²) in [4.78, 5) is 3.89. The van der Waals surface area contributed by atoms with Gasteiger partial charge in [0.2, 0.25) is 0 Å². The second-order valence-electron chi connectivity index (χ2n) is 5.18. The SMILES string of the molecule is CCCNc1nc(NCC(C)(O)CCC)c(F)cc1F. The van der Waals surface area contributed by atoms with Crippen LogP contribution < -0.4 is 10.6 Å². The Kier molecular flexibility index (Phi) is 6.13. The van der Waals surface area contributed by atoms with E-state index in [2.05, 4.69) is 15.6 Å². The van der Waals surface area contributed by atoms with E-state index in [1.165, 1.54) is 0 Å². The minimum atomic E-state index is -0.950. The fraction of sp³-hybridized carbons (Fsp3) is 0.643. The highest BCUT2D eigenvalue weighted by Gasteiger charge is 2.20. The number of nitrogens with one attached hydrogen (secondary N) is 2. The Hall–Kier alpha value is -1.43. The lowest BCUT2D eigenvalue weighted by molar-refractivity contribution is 0.0635. The van der Waals surface area contributed by atoms with E-state index < -0.39 is 17.2 Å². The molecule has 20 heavy (non-hydrogen) atoms. The largest absolute Gasteiger partial charge is 0.388 e. The number of anilines is 2. The molecule has 0 saturated carbocycles. The molecule has 3 N–H and O–H groups in total. The maximum Gasteiger partial charge on any atom is 0.168 e. The van der Waals surface area contributed by atoms with E-state index in [-0.39, 0.29) is 18.2 Å². The predicted octanol–water partition coefficient (Wildman–Crippen LogP) is 3.14. The zero-order valence-corrected chi connectivity index (χ0v) is 12.3. The van der Waals surface area contributed by atoms with Gasteiger partial charge in [-0.1, -0.05) is 20.3 Å². The summed E-state index contributed by atoms with van der Waals surface area (Å²) in [7, 11) is 0. The van der Waals surface area contributed by atoms with Crippen LogP contribution in [0.2, 0.25) is 0 Å². The molecule has 0 saturated heterocycles. The number of rotatable bonds is 8. The molecule has 0 aromatic carbocycles. The molecule has 0 fully saturated rings. The standard InChI is InChI=1S/C14H23F2N3O/c1-4-6-14(3,20)9-18-13-11(16)8-10(15)12(19-13)17-7-5-2/h8,20H,4-7,9H2,1-3H3,(H2,17,18,19). The lowest BCUT2D eigenvalue weighted by Crippen LogP contribution is -2.33. The van der Waals surface area contributed by atoms with E-state index in [0.29, 0.717) is 13.0 Å². The first-order valence-electron chi connectivity index (χ1n) is 6.95. The molecule has 0 amide bonds. The molecule has 0 aliphatic rings. The van der Waals surface area contributed by atoms with Gasteiger partial charge in [0.1, 0.15) is 0 Å². The van der Waals surface area contributed by atoms with Crippen LogP contribution in [-0.4, -0.2) is 28.8 Å². The van der Waals surface area contributed by atoms with Crippen molar-refractivity contribution in [2.45, 2.75) is 45.6 Å². The van der Waals surface area contributed by atoms with E-state index in [4.69, 9.17) is 0 Å². The van der Waals surface area contributed by atoms with Crippen molar-refractivity contribution in [1.82, 2.24) is 4.98 Å². The van der Waals surface area contributed by atoms with Gasteiger partial charge in [-0.05, 0) is 19.8 Å². The van der Waals surface area contributed by atoms with Crippen LogP contribution in [0.5, 0.6) is 0 Å². The molecule has 1 rings (SSSR count). The molecule has 114 valence electrons. The van der Waals surface area contributed by atoms with E-state index in [9.17, 15) is 13.9 Å². The fourth-order valence-electron chi connectivity index (χ4n) is 1.86. The van der Waals surface area contributed by atoms with Gasteiger partial charge >= 0.3 is 0 Å². The van der Waals surface area contributed by atoms with Gasteiger partial charge in [-0.3, -0.25) is 0 Å². The highest BCUT2D eigenvalue weighted by Crippen LogP contribution is 2.20. The summed E-state index contributed by atoms with van der Waals surface area (Å²) in [6, 6.07) is 0.794. The quantitative estimate of drug-likeness (QED) is 0.687. The van der Waals surface area contributed by atoms with Crippen LogP contribution in [0, 0.1) is 11.6 Å². The first kappa shape index (κ1) is 16.6. The second-order valence-corrected chi connectivity index (χ2v) is 5.18. The Morgan fingerprint density at radius 1 is 1.15 bits per heavy atom. The highest BCUT2D eigenvalue weighted by molar-refractivity contribution is 5.47. The summed E-state index contributed by atoms with van der Waals surface area (Å²) in [6.45, 7) is 6.28. The van der Waals surface area contributed by atoms with Gasteiger partial charge in [0.15, 0.2) is 23.3 Å². The van der Waals surface area contributed by atoms with Crippen LogP contribution >= 0.6 is 0 Å². The van der Waals surface area contributed by atoms with Crippen LogP contribution in [0.4, 0.5) is 20.4 Å². The van der Waals surface area contributed by atoms with Gasteiger partial charge in [0.25, 0.3) is 0 Å². The molecule has 1 aromatic heterocycles. The Balaban J connectivity index is 2.79. The van der Waals surface area contributed by atoms with Gasteiger partial charge in [0, 0.05) is 19.2 Å². The van der Waals surface area contributed by atoms with Crippen LogP contribution in [-0.2, 0) is 0 Å². The molecule has 4 nitrogen and oxygen atoms in total. The minimum Gasteiger partial charge on any atom is -0.388 e. The van der Waals surface area contributed by atoms with Crippen LogP contribution in [0.1, 0.15) is 40.0 Å². The number of pyridine rings is 1. The molecule has 0 bridgehead atoms. The molecule has 1 heterocycles. The molecule has 6 heteroatoms. The Labute approximate surface area is 118 Å². The van der Waals surface area contributed by atoms with Gasteiger partial charge in [0.05, 0.1) is 5.60 Å². The molecule has 1 unspecified atom stereocenters. The Morgan fingerprint density at radius 3 is 2.30 bits per heavy atom. The number of hydrogen-bond acceptors (Lipinski definition) is 4. The smallest absolute Gasteiger partial charge is 0.168 e. The van der Waals surface area contributed by atoms with Crippen LogP contribution in [0.25, 0.3) is 0 Å². The van der Waals surface area contributed by atoms with E-state index >= 15 is 0 Å². The number of hydrogen-bond donors (Lipinski definition) is 3. The van der Waals surface area contributed by atoms with Crippen molar-refractivity contribution in [2.24, 2.45) is 0 Å². The zero-order chi connectivity index (χ0) is 15.2. The molecular weight excluding hydrogens is 264 g/mol. The number of nitrogens with zero attached hydrogens (tertiary/aromatic N) is 1. The molecule has 0 aliphatic carbocycles. The Bertz CT molecular complexity index is 439. The molecule has 0 spiro atoms. The number of halogens is 2. The third-order valence-corrected chi connectivity index (χ3v) is 2.90. The summed E-state index contributed by atoms with van der Waals surface area (Å²) in [6.07, 6.45) is 2.22. The van der Waals surface area contributed by atoms with Crippen molar-refractivity contribution in [3.8, 4) is 0 Å². The van der Waals surface area contributed by atoms with Crippen LogP contribution in [0.15, 0.2) is 6.07 Å². The minimum absolute atomic E-state index is 0.0193. The van der Waals surface area contributed by atoms with Gasteiger partial charge < -0.3 is 15.7 Å². The number of aromatic nitrogens is 1. The molecular formula is C14H23F2N3O. The first-order valence-corrected chi connectivity index (χ1v) is 6.95. The van der Waals surface area contributed by atoms with Crippen molar-refractivity contribution >= 4 is 11.6 Å². The van der Waals surface area contributed by atoms with Crippen molar-refractivity contribution in [1.29, 1.82) is 0 Å². The van der Waals surface area contributed by atoms with E-state index in [0.717, 1.165) is 18.9 Å². The molecule has 0 radical (unpaired) electrons. The second kappa shape index (κ2) is 7.38. The maximum absolute atomic E-state index is 13.6. The lowest BCUT2D eigenvalue weighted by Gasteiger charge is -2.23. The van der Waals surface area contributed by atoms with Crippen molar-refractivity contribution in [3.05, 3.63) is 17.7 Å². The molecule has 1 atom stereocenters. The Morgan fingerprint density at radius 2 is 1.75 bits per heavy atom. The van der Waals surface area contributed by atoms with E-state index in [1.807, 2.05) is 13.8 Å². The third kappa shape index (κ3) is 4.92. The topological polar surface area (TPSA) is 57.2 Å². The summed E-state index contributed by atoms with van der Waals surface area (Å²) >= 11 is 0. The van der Waals surface area contributed by atoms with Gasteiger partial charge in [-0.15, -0.1) is 0 Å².